The van der Waals surface area contributed by atoms with E-state index in [1.165, 1.54) is 11.1 Å². The van der Waals surface area contributed by atoms with Crippen LogP contribution in [0.5, 0.6) is 0 Å². The van der Waals surface area contributed by atoms with Crippen molar-refractivity contribution in [2.45, 2.75) is 44.2 Å². The summed E-state index contributed by atoms with van der Waals surface area (Å²) >= 11 is 0. The Morgan fingerprint density at radius 3 is 2.38 bits per heavy atom. The Balaban J connectivity index is 1.51. The number of nitrogens with zero attached hydrogens (tertiary/aromatic N) is 7. The molecule has 3 aromatic carbocycles. The van der Waals surface area contributed by atoms with Gasteiger partial charge in [0, 0.05) is 5.56 Å². The summed E-state index contributed by atoms with van der Waals surface area (Å²) in [5.41, 5.74) is 3.87. The highest BCUT2D eigenvalue weighted by atomic mass is 19.1. The third-order valence-electron chi connectivity index (χ3n) is 7.99. The van der Waals surface area contributed by atoms with Crippen LogP contribution in [0.15, 0.2) is 85.2 Å². The second-order valence-electron chi connectivity index (χ2n) is 10.5. The third kappa shape index (κ3) is 5.22. The largest absolute Gasteiger partial charge is 0.376 e. The molecule has 0 saturated heterocycles. The number of ketones is 1. The lowest BCUT2D eigenvalue weighted by Crippen LogP contribution is -2.58. The molecule has 11 nitrogen and oxygen atoms in total. The van der Waals surface area contributed by atoms with Crippen LogP contribution in [0, 0.1) is 16.6 Å². The summed E-state index contributed by atoms with van der Waals surface area (Å²) in [7, 11) is 0. The molecule has 2 unspecified atom stereocenters. The molecule has 2 atom stereocenters. The number of tetrazole rings is 1. The Morgan fingerprint density at radius 2 is 1.67 bits per heavy atom. The fourth-order valence-corrected chi connectivity index (χ4v) is 6.01. The van der Waals surface area contributed by atoms with Gasteiger partial charge in [-0.1, -0.05) is 85.2 Å². The highest BCUT2D eigenvalue weighted by Gasteiger charge is 2.54. The first-order valence-electron chi connectivity index (χ1n) is 14.0. The van der Waals surface area contributed by atoms with Gasteiger partial charge in [-0.2, -0.15) is 0 Å². The van der Waals surface area contributed by atoms with Crippen molar-refractivity contribution in [2.75, 3.05) is 21.9 Å². The first kappa shape index (κ1) is 27.2. The van der Waals surface area contributed by atoms with E-state index in [0.717, 1.165) is 48.2 Å². The molecule has 1 N–H and O–H groups in total. The number of rotatable bonds is 7. The predicted molar refractivity (Wildman–Crippen MR) is 153 cm³/mol. The van der Waals surface area contributed by atoms with Gasteiger partial charge in [0.15, 0.2) is 11.2 Å². The van der Waals surface area contributed by atoms with Crippen molar-refractivity contribution in [1.82, 2.24) is 20.3 Å². The minimum Gasteiger partial charge on any atom is -0.288 e. The maximum absolute atomic E-state index is 15.4. The van der Waals surface area contributed by atoms with Crippen molar-refractivity contribution < 1.29 is 18.8 Å². The van der Waals surface area contributed by atoms with Gasteiger partial charge in [0.05, 0.1) is 23.1 Å². The van der Waals surface area contributed by atoms with E-state index in [9.17, 15) is 14.5 Å². The number of halogens is 1. The highest BCUT2D eigenvalue weighted by molar-refractivity contribution is 6.06. The van der Waals surface area contributed by atoms with Crippen LogP contribution >= 0.6 is 0 Å². The van der Waals surface area contributed by atoms with Gasteiger partial charge >= 0.3 is 12.2 Å². The smallest absolute Gasteiger partial charge is 0.288 e. The maximum atomic E-state index is 15.4. The van der Waals surface area contributed by atoms with Gasteiger partial charge in [-0.15, -0.1) is 15.2 Å². The predicted octanol–water partition coefficient (Wildman–Crippen LogP) is 4.80. The monoisotopic (exact) mass is 569 g/mol. The number of nitroso groups, excluding NO2 is 1. The number of nitrogens with one attached hydrogen (secondary N) is 1. The molecule has 1 saturated carbocycles. The van der Waals surface area contributed by atoms with Gasteiger partial charge in [-0.05, 0) is 47.4 Å². The van der Waals surface area contributed by atoms with Crippen molar-refractivity contribution >= 4 is 23.2 Å². The summed E-state index contributed by atoms with van der Waals surface area (Å²) in [6.45, 7) is 0.327. The van der Waals surface area contributed by atoms with Crippen LogP contribution in [-0.2, 0) is 4.79 Å². The van der Waals surface area contributed by atoms with E-state index in [4.69, 9.17) is 0 Å². The van der Waals surface area contributed by atoms with E-state index < -0.39 is 29.7 Å². The molecule has 1 fully saturated rings. The van der Waals surface area contributed by atoms with Gasteiger partial charge in [-0.25, -0.2) is 19.5 Å². The SMILES string of the molecule is O=C1C(c2ccccc2F)c2ccccc2N(CCC2CCCC2)[N+](=O)C1N(C(=O)Nn1ncnn1)c1ccccc1. The first-order valence-corrected chi connectivity index (χ1v) is 14.0. The average Bonchev–Trinajstić information content (AvgIpc) is 3.71. The number of urea groups is 1. The van der Waals surface area contributed by atoms with Crippen LogP contribution in [0.4, 0.5) is 20.6 Å². The number of Topliss-reactive ketones (excluding diaryl/α,β-unsaturated/α-hetero) is 1. The van der Waals surface area contributed by atoms with Gasteiger partial charge in [-0.3, -0.25) is 4.79 Å². The van der Waals surface area contributed by atoms with E-state index in [2.05, 4.69) is 20.8 Å². The second-order valence-corrected chi connectivity index (χ2v) is 10.5. The van der Waals surface area contributed by atoms with Crippen LogP contribution in [0.3, 0.4) is 0 Å². The topological polar surface area (TPSA) is 116 Å². The summed E-state index contributed by atoms with van der Waals surface area (Å²) in [5.74, 6) is -1.94. The molecule has 0 spiro atoms. The number of anilines is 2. The van der Waals surface area contributed by atoms with E-state index >= 15 is 4.39 Å². The van der Waals surface area contributed by atoms with Crippen LogP contribution in [0.2, 0.25) is 0 Å². The molecule has 6 rings (SSSR count). The molecule has 2 amide bonds. The Morgan fingerprint density at radius 1 is 0.976 bits per heavy atom. The standard InChI is InChI=1S/C30H29FN8O3/c31-25-16-8-6-14-23(25)27-24-15-7-9-17-26(24)36(19-18-21-10-4-5-11-21)38(42)29(28(27)40)37(22-12-2-1-3-13-22)30(41)34-39-33-20-32-35-39/h1-3,6-9,12-17,20-21,27,29H,4-5,10-11,18-19H2/p+1. The van der Waals surface area contributed by atoms with Crippen molar-refractivity contribution in [3.8, 4) is 0 Å². The van der Waals surface area contributed by atoms with Gasteiger partial charge < -0.3 is 0 Å². The molecule has 0 bridgehead atoms. The van der Waals surface area contributed by atoms with E-state index in [0.29, 0.717) is 28.6 Å². The van der Waals surface area contributed by atoms with Gasteiger partial charge in [0.2, 0.25) is 5.78 Å². The minimum absolute atomic E-state index is 0.123. The number of aromatic nitrogens is 4. The molecule has 1 aromatic heterocycles. The maximum Gasteiger partial charge on any atom is 0.376 e. The van der Waals surface area contributed by atoms with Crippen LogP contribution in [0.1, 0.15) is 49.1 Å². The quantitative estimate of drug-likeness (QED) is 0.318. The molecule has 4 aromatic rings. The zero-order valence-corrected chi connectivity index (χ0v) is 22.8. The summed E-state index contributed by atoms with van der Waals surface area (Å²) < 4.78 is 15.4. The molecule has 0 radical (unpaired) electrons. The number of carbonyl (C=O) groups excluding carboxylic acids is 2. The number of benzene rings is 3. The second kappa shape index (κ2) is 11.9. The number of carbonyl (C=O) groups is 2. The van der Waals surface area contributed by atoms with Crippen LogP contribution < -0.4 is 15.3 Å². The highest BCUT2D eigenvalue weighted by Crippen LogP contribution is 2.40. The number of amides is 2. The first-order chi connectivity index (χ1) is 20.5. The van der Waals surface area contributed by atoms with Crippen molar-refractivity contribution in [3.05, 3.63) is 107 Å². The minimum atomic E-state index is -1.70. The molecular formula is C30H30FN8O3+. The molecule has 1 aliphatic carbocycles. The summed E-state index contributed by atoms with van der Waals surface area (Å²) in [5, 5.41) is 12.6. The molecule has 2 heterocycles. The zero-order chi connectivity index (χ0) is 29.1. The molecule has 12 heteroatoms. The Kier molecular flexibility index (Phi) is 7.67. The summed E-state index contributed by atoms with van der Waals surface area (Å²) in [6, 6.07) is 20.6. The Labute approximate surface area is 241 Å². The Hall–Kier alpha value is -5.00. The van der Waals surface area contributed by atoms with Crippen molar-refractivity contribution in [2.24, 2.45) is 5.92 Å². The molecule has 42 heavy (non-hydrogen) atoms. The number of hydrogen-bond acceptors (Lipinski definition) is 6. The number of hydrazine groups is 1. The fraction of sp³-hybridized carbons (Fsp3) is 0.300. The van der Waals surface area contributed by atoms with Crippen molar-refractivity contribution in [1.29, 1.82) is 0 Å². The van der Waals surface area contributed by atoms with E-state index in [-0.39, 0.29) is 11.3 Å². The van der Waals surface area contributed by atoms with Crippen molar-refractivity contribution in [3.63, 3.8) is 0 Å². The normalized spacial score (nSPS) is 18.9. The lowest BCUT2D eigenvalue weighted by Gasteiger charge is -2.26. The van der Waals surface area contributed by atoms with Crippen LogP contribution in [-0.4, -0.2) is 49.7 Å². The number of fused-ring (bicyclic) bond motifs is 1. The van der Waals surface area contributed by atoms with E-state index in [1.54, 1.807) is 72.8 Å². The van der Waals surface area contributed by atoms with E-state index in [1.807, 2.05) is 0 Å². The molecule has 2 aliphatic rings. The van der Waals surface area contributed by atoms with Gasteiger partial charge in [0.1, 0.15) is 11.5 Å². The molecule has 1 aliphatic heterocycles. The Bertz CT molecular complexity index is 1580. The summed E-state index contributed by atoms with van der Waals surface area (Å²) in [4.78, 5) is 45.6. The average molecular weight is 570 g/mol. The number of hydrogen-bond donors (Lipinski definition) is 1. The lowest BCUT2D eigenvalue weighted by molar-refractivity contribution is -0.582. The zero-order valence-electron chi connectivity index (χ0n) is 22.8. The molecular weight excluding hydrogens is 539 g/mol. The molecule has 214 valence electrons. The van der Waals surface area contributed by atoms with Crippen LogP contribution in [0.25, 0.3) is 0 Å². The fourth-order valence-electron chi connectivity index (χ4n) is 6.01. The summed E-state index contributed by atoms with van der Waals surface area (Å²) in [6.07, 6.45) is 4.64. The lowest BCUT2D eigenvalue weighted by atomic mass is 9.85. The third-order valence-corrected chi connectivity index (χ3v) is 7.99. The van der Waals surface area contributed by atoms with Gasteiger partial charge in [0.25, 0.3) is 0 Å². The number of para-hydroxylation sites is 2.